The van der Waals surface area contributed by atoms with Gasteiger partial charge in [-0.3, -0.25) is 9.59 Å². The van der Waals surface area contributed by atoms with Crippen LogP contribution in [0.15, 0.2) is 81.2 Å². The molecule has 0 aliphatic carbocycles. The van der Waals surface area contributed by atoms with Crippen LogP contribution in [0.5, 0.6) is 0 Å². The number of rotatable bonds is 7. The average molecular weight is 510 g/mol. The molecule has 3 heterocycles. The number of β-lactam (4-membered cyclic amide) rings is 1. The monoisotopic (exact) mass is 509 g/mol. The predicted molar refractivity (Wildman–Crippen MR) is 136 cm³/mol. The van der Waals surface area contributed by atoms with Crippen LogP contribution in [-0.2, 0) is 9.59 Å². The number of nitrogen functional groups attached to an aromatic ring is 1. The molecule has 172 valence electrons. The van der Waals surface area contributed by atoms with E-state index in [4.69, 9.17) is 5.73 Å². The van der Waals surface area contributed by atoms with Crippen molar-refractivity contribution in [2.24, 2.45) is 5.18 Å². The van der Waals surface area contributed by atoms with Crippen molar-refractivity contribution in [3.63, 3.8) is 0 Å². The fraction of sp³-hybridized carbons (Fsp3) is 0.174. The van der Waals surface area contributed by atoms with Crippen molar-refractivity contribution in [1.29, 1.82) is 0 Å². The Labute approximate surface area is 208 Å². The van der Waals surface area contributed by atoms with E-state index in [1.165, 1.54) is 5.38 Å². The van der Waals surface area contributed by atoms with E-state index in [9.17, 15) is 14.5 Å². The molecule has 11 heteroatoms. The molecule has 34 heavy (non-hydrogen) atoms. The quantitative estimate of drug-likeness (QED) is 0.361. The fourth-order valence-electron chi connectivity index (χ4n) is 3.80. The normalized spacial score (nSPS) is 20.1. The number of amides is 2. The van der Waals surface area contributed by atoms with Crippen molar-refractivity contribution in [3.8, 4) is 11.1 Å². The van der Waals surface area contributed by atoms with Gasteiger partial charge in [0.25, 0.3) is 11.8 Å². The molecule has 1 saturated heterocycles. The molecular weight excluding hydrogens is 490 g/mol. The lowest BCUT2D eigenvalue weighted by Crippen LogP contribution is -2.68. The van der Waals surface area contributed by atoms with E-state index in [2.05, 4.69) is 39.7 Å². The number of fused-ring (bicyclic) bond motifs is 1. The van der Waals surface area contributed by atoms with Gasteiger partial charge in [-0.2, -0.15) is 0 Å². The van der Waals surface area contributed by atoms with Gasteiger partial charge in [-0.1, -0.05) is 60.3 Å². The molecule has 3 aromatic rings. The van der Waals surface area contributed by atoms with Gasteiger partial charge in [0.15, 0.2) is 5.13 Å². The molecule has 1 unspecified atom stereocenters. The summed E-state index contributed by atoms with van der Waals surface area (Å²) >= 11 is 4.33. The van der Waals surface area contributed by atoms with Crippen LogP contribution < -0.4 is 11.1 Å². The van der Waals surface area contributed by atoms with E-state index < -0.39 is 18.0 Å². The van der Waals surface area contributed by atoms with Crippen LogP contribution in [0.4, 0.5) is 5.13 Å². The molecule has 3 N–H and O–H groups in total. The Morgan fingerprint density at radius 3 is 2.71 bits per heavy atom. The van der Waals surface area contributed by atoms with Crippen LogP contribution in [0, 0.1) is 4.91 Å². The van der Waals surface area contributed by atoms with Crippen molar-refractivity contribution >= 4 is 51.8 Å². The number of carbonyl (C=O) groups is 2. The Morgan fingerprint density at radius 2 is 1.97 bits per heavy atom. The maximum absolute atomic E-state index is 12.8. The molecule has 5 rings (SSSR count). The van der Waals surface area contributed by atoms with Gasteiger partial charge >= 0.3 is 0 Å². The van der Waals surface area contributed by atoms with Gasteiger partial charge < -0.3 is 16.0 Å². The van der Waals surface area contributed by atoms with Crippen molar-refractivity contribution in [3.05, 3.63) is 81.7 Å². The van der Waals surface area contributed by atoms with Gasteiger partial charge in [-0.15, -0.1) is 28.0 Å². The summed E-state index contributed by atoms with van der Waals surface area (Å²) < 4.78 is 0. The minimum Gasteiger partial charge on any atom is -0.375 e. The summed E-state index contributed by atoms with van der Waals surface area (Å²) in [6.45, 7) is 0. The Hall–Kier alpha value is -3.15. The van der Waals surface area contributed by atoms with Crippen molar-refractivity contribution < 1.29 is 9.59 Å². The van der Waals surface area contributed by atoms with E-state index >= 15 is 0 Å². The van der Waals surface area contributed by atoms with E-state index in [0.29, 0.717) is 5.75 Å². The number of hydrogen-bond donors (Lipinski definition) is 2. The number of anilines is 1. The summed E-state index contributed by atoms with van der Waals surface area (Å²) in [6.07, 6.45) is 1.86. The van der Waals surface area contributed by atoms with Crippen LogP contribution in [0.1, 0.15) is 11.7 Å². The zero-order chi connectivity index (χ0) is 23.7. The first-order valence-electron chi connectivity index (χ1n) is 10.4. The molecule has 1 aromatic heterocycles. The summed E-state index contributed by atoms with van der Waals surface area (Å²) in [5.41, 5.74) is 8.05. The SMILES string of the molecule is Nc1nc(C(N=O)C(=O)N[C@@H]2C(=O)N3C=C(Sc4ccccc4-c4ccccc4)CS[C@@H]23)cs1. The third-order valence-corrected chi connectivity index (χ3v) is 8.72. The lowest BCUT2D eigenvalue weighted by atomic mass is 10.1. The van der Waals surface area contributed by atoms with Crippen LogP contribution in [0.25, 0.3) is 11.1 Å². The number of aromatic nitrogens is 1. The van der Waals surface area contributed by atoms with Gasteiger partial charge in [0.05, 0.1) is 5.69 Å². The summed E-state index contributed by atoms with van der Waals surface area (Å²) in [4.78, 5) is 44.4. The Kier molecular flexibility index (Phi) is 6.40. The smallest absolute Gasteiger partial charge is 0.255 e. The van der Waals surface area contributed by atoms with Crippen LogP contribution in [0.3, 0.4) is 0 Å². The molecule has 0 saturated carbocycles. The lowest BCUT2D eigenvalue weighted by Gasteiger charge is -2.47. The van der Waals surface area contributed by atoms with Gasteiger partial charge in [0, 0.05) is 27.1 Å². The molecule has 2 aliphatic heterocycles. The van der Waals surface area contributed by atoms with Crippen molar-refractivity contribution in [1.82, 2.24) is 15.2 Å². The van der Waals surface area contributed by atoms with Crippen molar-refractivity contribution in [2.75, 3.05) is 11.5 Å². The summed E-state index contributed by atoms with van der Waals surface area (Å²) in [5.74, 6) is -0.172. The first kappa shape index (κ1) is 22.6. The van der Waals surface area contributed by atoms with Crippen LogP contribution in [0.2, 0.25) is 0 Å². The van der Waals surface area contributed by atoms with Crippen LogP contribution in [-0.4, -0.2) is 38.9 Å². The van der Waals surface area contributed by atoms with E-state index in [1.807, 2.05) is 36.5 Å². The highest BCUT2D eigenvalue weighted by Gasteiger charge is 2.50. The zero-order valence-corrected chi connectivity index (χ0v) is 20.1. The average Bonchev–Trinajstić information content (AvgIpc) is 3.29. The number of thioether (sulfide) groups is 2. The van der Waals surface area contributed by atoms with Gasteiger partial charge in [-0.25, -0.2) is 4.98 Å². The van der Waals surface area contributed by atoms with E-state index in [0.717, 1.165) is 32.3 Å². The van der Waals surface area contributed by atoms with Crippen molar-refractivity contribution in [2.45, 2.75) is 22.4 Å². The highest BCUT2D eigenvalue weighted by Crippen LogP contribution is 2.43. The first-order valence-corrected chi connectivity index (χ1v) is 13.1. The molecule has 2 aromatic carbocycles. The molecule has 1 fully saturated rings. The number of nitrogens with one attached hydrogen (secondary N) is 1. The number of nitroso groups, excluding NO2 is 1. The zero-order valence-electron chi connectivity index (χ0n) is 17.7. The molecule has 2 amide bonds. The summed E-state index contributed by atoms with van der Waals surface area (Å²) in [7, 11) is 0. The minimum absolute atomic E-state index is 0.186. The van der Waals surface area contributed by atoms with Crippen LogP contribution >= 0.6 is 34.9 Å². The van der Waals surface area contributed by atoms with E-state index in [1.54, 1.807) is 28.4 Å². The third-order valence-electron chi connectivity index (χ3n) is 5.44. The number of carbonyl (C=O) groups excluding carboxylic acids is 2. The molecular formula is C23H19N5O3S3. The number of nitrogens with two attached hydrogens (primary N) is 1. The molecule has 2 aliphatic rings. The number of hydrogen-bond acceptors (Lipinski definition) is 9. The van der Waals surface area contributed by atoms with Gasteiger partial charge in [0.1, 0.15) is 11.4 Å². The van der Waals surface area contributed by atoms with Gasteiger partial charge in [-0.05, 0) is 22.4 Å². The summed E-state index contributed by atoms with van der Waals surface area (Å²) in [6, 6.07) is 16.3. The highest BCUT2D eigenvalue weighted by atomic mass is 32.2. The fourth-order valence-corrected chi connectivity index (χ4v) is 6.82. The second kappa shape index (κ2) is 9.61. The Balaban J connectivity index is 1.27. The molecule has 3 atom stereocenters. The number of benzene rings is 2. The summed E-state index contributed by atoms with van der Waals surface area (Å²) in [5, 5.41) is 7.09. The lowest BCUT2D eigenvalue weighted by molar-refractivity contribution is -0.145. The number of thiazole rings is 1. The maximum Gasteiger partial charge on any atom is 0.255 e. The maximum atomic E-state index is 12.8. The highest BCUT2D eigenvalue weighted by molar-refractivity contribution is 8.06. The topological polar surface area (TPSA) is 118 Å². The van der Waals surface area contributed by atoms with Gasteiger partial charge in [0.2, 0.25) is 6.04 Å². The predicted octanol–water partition coefficient (Wildman–Crippen LogP) is 4.23. The standard InChI is InChI=1S/C23H19N5O3S3/c24-23-25-16(12-33-23)18(27-31)20(29)26-19-21(30)28-10-14(11-32-22(19)28)34-17-9-5-4-8-15(17)13-6-2-1-3-7-13/h1-10,12,18-19,22H,11H2,(H2,24,25)(H,26,29)/t18?,19-,22+/m1/s1. The number of nitrogens with zero attached hydrogens (tertiary/aromatic N) is 3. The minimum atomic E-state index is -1.33. The first-order chi connectivity index (χ1) is 16.5. The molecule has 0 radical (unpaired) electrons. The molecule has 8 nitrogen and oxygen atoms in total. The largest absolute Gasteiger partial charge is 0.375 e. The Bertz CT molecular complexity index is 1280. The second-order valence-electron chi connectivity index (χ2n) is 7.61. The van der Waals surface area contributed by atoms with E-state index in [-0.39, 0.29) is 22.1 Å². The molecule has 0 bridgehead atoms. The Morgan fingerprint density at radius 1 is 1.21 bits per heavy atom. The second-order valence-corrected chi connectivity index (χ2v) is 10.8. The third kappa shape index (κ3) is 4.33. The molecule has 0 spiro atoms.